The lowest BCUT2D eigenvalue weighted by molar-refractivity contribution is -0.115. The molecule has 9 heteroatoms. The summed E-state index contributed by atoms with van der Waals surface area (Å²) in [5.41, 5.74) is 3.56. The van der Waals surface area contributed by atoms with E-state index < -0.39 is 0 Å². The van der Waals surface area contributed by atoms with Crippen molar-refractivity contribution < 1.29 is 19.0 Å². The Morgan fingerprint density at radius 1 is 0.744 bits per heavy atom. The highest BCUT2D eigenvalue weighted by molar-refractivity contribution is 5.96. The van der Waals surface area contributed by atoms with E-state index >= 15 is 0 Å². The first-order chi connectivity index (χ1) is 19.0. The Morgan fingerprint density at radius 3 is 1.82 bits per heavy atom. The Kier molecular flexibility index (Phi) is 9.18. The van der Waals surface area contributed by atoms with E-state index in [9.17, 15) is 4.79 Å². The second-order valence-electron chi connectivity index (χ2n) is 8.59. The molecule has 0 radical (unpaired) electrons. The van der Waals surface area contributed by atoms with Gasteiger partial charge in [-0.3, -0.25) is 4.79 Å². The maximum Gasteiger partial charge on any atom is 0.229 e. The molecule has 0 aliphatic heterocycles. The van der Waals surface area contributed by atoms with Gasteiger partial charge in [-0.25, -0.2) is 4.98 Å². The zero-order valence-corrected chi connectivity index (χ0v) is 22.6. The number of anilines is 5. The third-order valence-corrected chi connectivity index (χ3v) is 5.73. The van der Waals surface area contributed by atoms with Crippen LogP contribution in [-0.2, 0) is 11.2 Å². The summed E-state index contributed by atoms with van der Waals surface area (Å²) in [5, 5.41) is 9.55. The minimum absolute atomic E-state index is 0.186. The van der Waals surface area contributed by atoms with E-state index in [0.717, 1.165) is 34.2 Å². The molecule has 1 amide bonds. The van der Waals surface area contributed by atoms with Crippen molar-refractivity contribution in [2.75, 3.05) is 36.3 Å². The number of nitrogens with one attached hydrogen (secondary N) is 3. The van der Waals surface area contributed by atoms with Crippen LogP contribution >= 0.6 is 0 Å². The molecule has 0 unspecified atom stereocenters. The van der Waals surface area contributed by atoms with Crippen LogP contribution in [0.2, 0.25) is 0 Å². The van der Waals surface area contributed by atoms with Crippen LogP contribution in [0.3, 0.4) is 0 Å². The van der Waals surface area contributed by atoms with Crippen molar-refractivity contribution in [3.8, 4) is 17.2 Å². The molecule has 0 atom stereocenters. The summed E-state index contributed by atoms with van der Waals surface area (Å²) in [6, 6.07) is 22.5. The van der Waals surface area contributed by atoms with Gasteiger partial charge in [0, 0.05) is 11.4 Å². The van der Waals surface area contributed by atoms with Gasteiger partial charge < -0.3 is 30.2 Å². The smallest absolute Gasteiger partial charge is 0.229 e. The van der Waals surface area contributed by atoms with E-state index in [1.165, 1.54) is 0 Å². The van der Waals surface area contributed by atoms with Crippen molar-refractivity contribution in [3.05, 3.63) is 84.1 Å². The van der Waals surface area contributed by atoms with Gasteiger partial charge in [0.05, 0.1) is 32.4 Å². The number of methoxy groups -OCH3 is 1. The van der Waals surface area contributed by atoms with Crippen LogP contribution in [0.4, 0.5) is 28.8 Å². The number of hydrogen-bond donors (Lipinski definition) is 3. The monoisotopic (exact) mass is 527 g/mol. The van der Waals surface area contributed by atoms with E-state index in [1.54, 1.807) is 7.11 Å². The fourth-order valence-electron chi connectivity index (χ4n) is 3.85. The zero-order chi connectivity index (χ0) is 27.6. The van der Waals surface area contributed by atoms with E-state index in [2.05, 4.69) is 20.9 Å². The van der Waals surface area contributed by atoms with Crippen LogP contribution in [0, 0.1) is 6.92 Å². The van der Waals surface area contributed by atoms with Crippen molar-refractivity contribution in [1.82, 2.24) is 9.97 Å². The number of benzene rings is 3. The van der Waals surface area contributed by atoms with Crippen LogP contribution in [0.25, 0.3) is 0 Å². The minimum atomic E-state index is -0.186. The largest absolute Gasteiger partial charge is 0.497 e. The number of carbonyl (C=O) groups is 1. The fourth-order valence-corrected chi connectivity index (χ4v) is 3.85. The minimum Gasteiger partial charge on any atom is -0.497 e. The molecular weight excluding hydrogens is 494 g/mol. The summed E-state index contributed by atoms with van der Waals surface area (Å²) in [7, 11) is 1.61. The third kappa shape index (κ3) is 7.61. The molecule has 0 bridgehead atoms. The SMILES string of the molecule is CCOc1ccc(Nc2nc(C)c(NC(=O)Cc3ccc(OC)cc3)c(Nc3ccc(OCC)cc3)n2)cc1. The molecule has 39 heavy (non-hydrogen) atoms. The quantitative estimate of drug-likeness (QED) is 0.198. The Balaban J connectivity index is 1.59. The van der Waals surface area contributed by atoms with E-state index in [0.29, 0.717) is 36.4 Å². The van der Waals surface area contributed by atoms with Gasteiger partial charge in [-0.2, -0.15) is 4.98 Å². The average Bonchev–Trinajstić information content (AvgIpc) is 2.93. The van der Waals surface area contributed by atoms with Crippen molar-refractivity contribution in [3.63, 3.8) is 0 Å². The highest BCUT2D eigenvalue weighted by atomic mass is 16.5. The van der Waals surface area contributed by atoms with Gasteiger partial charge in [0.2, 0.25) is 11.9 Å². The summed E-state index contributed by atoms with van der Waals surface area (Å²) < 4.78 is 16.3. The molecule has 1 aromatic heterocycles. The Bertz CT molecular complexity index is 1370. The van der Waals surface area contributed by atoms with Crippen molar-refractivity contribution in [2.24, 2.45) is 0 Å². The van der Waals surface area contributed by atoms with Crippen molar-refractivity contribution in [1.29, 1.82) is 0 Å². The Hall–Kier alpha value is -4.79. The second-order valence-corrected chi connectivity index (χ2v) is 8.59. The number of amides is 1. The molecule has 0 aliphatic rings. The van der Waals surface area contributed by atoms with Crippen molar-refractivity contribution in [2.45, 2.75) is 27.2 Å². The molecule has 3 aromatic carbocycles. The van der Waals surface area contributed by atoms with Crippen LogP contribution in [0.1, 0.15) is 25.1 Å². The summed E-state index contributed by atoms with van der Waals surface area (Å²) in [6.45, 7) is 6.90. The van der Waals surface area contributed by atoms with Crippen molar-refractivity contribution >= 4 is 34.7 Å². The van der Waals surface area contributed by atoms with Gasteiger partial charge in [-0.15, -0.1) is 0 Å². The molecule has 9 nitrogen and oxygen atoms in total. The first-order valence-electron chi connectivity index (χ1n) is 12.8. The summed E-state index contributed by atoms with van der Waals surface area (Å²) in [4.78, 5) is 22.3. The van der Waals surface area contributed by atoms with Crippen LogP contribution in [-0.4, -0.2) is 36.2 Å². The molecule has 0 spiro atoms. The number of hydrogen-bond acceptors (Lipinski definition) is 8. The molecule has 0 saturated heterocycles. The molecule has 1 heterocycles. The molecule has 0 saturated carbocycles. The Morgan fingerprint density at radius 2 is 1.28 bits per heavy atom. The Labute approximate surface area is 228 Å². The van der Waals surface area contributed by atoms with Gasteiger partial charge in [0.1, 0.15) is 22.9 Å². The van der Waals surface area contributed by atoms with Crippen LogP contribution in [0.5, 0.6) is 17.2 Å². The number of aryl methyl sites for hydroxylation is 1. The highest BCUT2D eigenvalue weighted by Gasteiger charge is 2.16. The summed E-state index contributed by atoms with van der Waals surface area (Å²) >= 11 is 0. The summed E-state index contributed by atoms with van der Waals surface area (Å²) in [6.07, 6.45) is 0.193. The maximum absolute atomic E-state index is 13.0. The molecule has 0 fully saturated rings. The molecule has 4 aromatic rings. The van der Waals surface area contributed by atoms with Gasteiger partial charge in [-0.1, -0.05) is 12.1 Å². The van der Waals surface area contributed by atoms with E-state index in [4.69, 9.17) is 19.2 Å². The maximum atomic E-state index is 13.0. The molecular formula is C30H33N5O4. The summed E-state index contributed by atoms with van der Waals surface area (Å²) in [5.74, 6) is 2.96. The fraction of sp³-hybridized carbons (Fsp3) is 0.233. The molecule has 3 N–H and O–H groups in total. The van der Waals surface area contributed by atoms with Gasteiger partial charge in [-0.05, 0) is 87.0 Å². The lowest BCUT2D eigenvalue weighted by Crippen LogP contribution is -2.18. The van der Waals surface area contributed by atoms with Gasteiger partial charge >= 0.3 is 0 Å². The molecule has 4 rings (SSSR count). The standard InChI is InChI=1S/C30H33N5O4/c1-5-38-25-15-9-22(10-16-25)32-29-28(34-27(36)19-21-7-13-24(37-4)14-8-21)20(3)31-30(35-29)33-23-11-17-26(18-12-23)39-6-2/h7-18H,5-6,19H2,1-4H3,(H,34,36)(H2,31,32,33,35). The van der Waals surface area contributed by atoms with E-state index in [-0.39, 0.29) is 12.3 Å². The average molecular weight is 528 g/mol. The highest BCUT2D eigenvalue weighted by Crippen LogP contribution is 2.30. The van der Waals surface area contributed by atoms with Crippen LogP contribution < -0.4 is 30.2 Å². The third-order valence-electron chi connectivity index (χ3n) is 5.73. The lowest BCUT2D eigenvalue weighted by Gasteiger charge is -2.17. The number of ether oxygens (including phenoxy) is 3. The lowest BCUT2D eigenvalue weighted by atomic mass is 10.1. The molecule has 202 valence electrons. The predicted molar refractivity (Wildman–Crippen MR) is 154 cm³/mol. The zero-order valence-electron chi connectivity index (χ0n) is 22.6. The number of carbonyl (C=O) groups excluding carboxylic acids is 1. The van der Waals surface area contributed by atoms with Gasteiger partial charge in [0.15, 0.2) is 5.82 Å². The number of aromatic nitrogens is 2. The topological polar surface area (TPSA) is 107 Å². The first-order valence-corrected chi connectivity index (χ1v) is 12.8. The normalized spacial score (nSPS) is 10.5. The first kappa shape index (κ1) is 27.3. The number of nitrogens with zero attached hydrogens (tertiary/aromatic N) is 2. The van der Waals surface area contributed by atoms with E-state index in [1.807, 2.05) is 93.6 Å². The van der Waals surface area contributed by atoms with Crippen LogP contribution in [0.15, 0.2) is 72.8 Å². The molecule has 0 aliphatic carbocycles. The second kappa shape index (κ2) is 13.1. The number of rotatable bonds is 12. The van der Waals surface area contributed by atoms with Gasteiger partial charge in [0.25, 0.3) is 0 Å². The predicted octanol–water partition coefficient (Wildman–Crippen LogP) is 6.26.